The topological polar surface area (TPSA) is 92.2 Å². The van der Waals surface area contributed by atoms with Gasteiger partial charge in [0.2, 0.25) is 5.91 Å². The first-order valence-electron chi connectivity index (χ1n) is 9.85. The van der Waals surface area contributed by atoms with Gasteiger partial charge in [0.05, 0.1) is 23.5 Å². The van der Waals surface area contributed by atoms with Gasteiger partial charge in [0, 0.05) is 31.5 Å². The monoisotopic (exact) mass is 382 g/mol. The van der Waals surface area contributed by atoms with Crippen molar-refractivity contribution in [3.05, 3.63) is 35.3 Å². The molecular weight excluding hydrogens is 356 g/mol. The Bertz CT molecular complexity index is 902. The molecule has 2 N–H and O–H groups in total. The minimum absolute atomic E-state index is 0.0312. The third-order valence-corrected chi connectivity index (χ3v) is 5.20. The van der Waals surface area contributed by atoms with Gasteiger partial charge in [-0.2, -0.15) is 5.10 Å². The number of aromatic nitrogens is 3. The van der Waals surface area contributed by atoms with E-state index in [9.17, 15) is 9.59 Å². The Balaban J connectivity index is 1.37. The molecule has 0 spiro atoms. The molecule has 0 unspecified atom stereocenters. The van der Waals surface area contributed by atoms with E-state index in [0.29, 0.717) is 36.1 Å². The molecule has 1 aliphatic carbocycles. The van der Waals surface area contributed by atoms with Gasteiger partial charge in [-0.1, -0.05) is 0 Å². The van der Waals surface area contributed by atoms with Crippen LogP contribution in [0, 0.1) is 19.8 Å². The van der Waals surface area contributed by atoms with Crippen LogP contribution in [-0.2, 0) is 11.3 Å². The molecule has 1 saturated carbocycles. The summed E-state index contributed by atoms with van der Waals surface area (Å²) in [7, 11) is 0. The molecule has 8 heteroatoms. The summed E-state index contributed by atoms with van der Waals surface area (Å²) in [4.78, 5) is 31.0. The number of hydrogen-bond donors (Lipinski definition) is 2. The summed E-state index contributed by atoms with van der Waals surface area (Å²) in [6, 6.07) is 3.81. The highest BCUT2D eigenvalue weighted by Crippen LogP contribution is 2.35. The molecule has 4 rings (SSSR count). The van der Waals surface area contributed by atoms with E-state index in [0.717, 1.165) is 37.2 Å². The van der Waals surface area contributed by atoms with Crippen molar-refractivity contribution in [2.24, 2.45) is 5.92 Å². The second kappa shape index (κ2) is 7.61. The molecule has 8 nitrogen and oxygen atoms in total. The van der Waals surface area contributed by atoms with Gasteiger partial charge in [-0.25, -0.2) is 4.98 Å². The molecular formula is C20H26N6O2. The van der Waals surface area contributed by atoms with Gasteiger partial charge in [-0.15, -0.1) is 0 Å². The minimum Gasteiger partial charge on any atom is -0.359 e. The Labute approximate surface area is 164 Å². The quantitative estimate of drug-likeness (QED) is 0.714. The molecule has 1 aliphatic heterocycles. The van der Waals surface area contributed by atoms with Gasteiger partial charge in [0.15, 0.2) is 0 Å². The molecule has 3 heterocycles. The van der Waals surface area contributed by atoms with E-state index in [1.165, 1.54) is 0 Å². The number of anilines is 2. The molecule has 2 aromatic rings. The number of aryl methyl sites for hydroxylation is 3. The van der Waals surface area contributed by atoms with Crippen molar-refractivity contribution in [1.29, 1.82) is 0 Å². The van der Waals surface area contributed by atoms with Crippen molar-refractivity contribution in [2.75, 3.05) is 29.9 Å². The van der Waals surface area contributed by atoms with Crippen molar-refractivity contribution < 1.29 is 9.59 Å². The van der Waals surface area contributed by atoms with Crippen LogP contribution in [0.1, 0.15) is 41.0 Å². The first-order valence-corrected chi connectivity index (χ1v) is 9.85. The van der Waals surface area contributed by atoms with Gasteiger partial charge >= 0.3 is 0 Å². The Kier molecular flexibility index (Phi) is 5.02. The Morgan fingerprint density at radius 1 is 1.32 bits per heavy atom. The molecule has 1 fully saturated rings. The van der Waals surface area contributed by atoms with E-state index in [2.05, 4.69) is 20.7 Å². The molecule has 2 amide bonds. The van der Waals surface area contributed by atoms with Crippen LogP contribution in [-0.4, -0.2) is 46.2 Å². The van der Waals surface area contributed by atoms with Crippen molar-refractivity contribution in [3.63, 3.8) is 0 Å². The Morgan fingerprint density at radius 2 is 2.14 bits per heavy atom. The van der Waals surface area contributed by atoms with Crippen molar-refractivity contribution in [3.8, 4) is 0 Å². The minimum atomic E-state index is -0.173. The number of rotatable bonds is 7. The number of pyridine rings is 1. The van der Waals surface area contributed by atoms with Gasteiger partial charge in [0.1, 0.15) is 5.82 Å². The van der Waals surface area contributed by atoms with E-state index in [1.807, 2.05) is 24.6 Å². The second-order valence-electron chi connectivity index (χ2n) is 7.65. The maximum atomic E-state index is 12.5. The van der Waals surface area contributed by atoms with Crippen LogP contribution in [0.25, 0.3) is 0 Å². The fourth-order valence-electron chi connectivity index (χ4n) is 3.50. The number of carbonyl (C=O) groups is 2. The van der Waals surface area contributed by atoms with Gasteiger partial charge in [-0.05, 0) is 51.2 Å². The number of nitrogens with one attached hydrogen (secondary N) is 2. The Hall–Kier alpha value is -2.90. The summed E-state index contributed by atoms with van der Waals surface area (Å²) in [5.74, 6) is 1.10. The van der Waals surface area contributed by atoms with Gasteiger partial charge in [0.25, 0.3) is 5.91 Å². The number of amides is 2. The standard InChI is InChI=1S/C20H26N6O2/c1-13-8-14(2)26(24-13)7-3-6-21-20(28)16-9-17-19(22-10-16)23-11-18(27)25(17)12-15-4-5-15/h8-10,15H,3-7,11-12H2,1-2H3,(H,21,28)(H,22,23). The van der Waals surface area contributed by atoms with E-state index in [1.54, 1.807) is 17.2 Å². The molecule has 0 radical (unpaired) electrons. The lowest BCUT2D eigenvalue weighted by molar-refractivity contribution is -0.117. The van der Waals surface area contributed by atoms with E-state index in [4.69, 9.17) is 0 Å². The first-order chi connectivity index (χ1) is 13.5. The summed E-state index contributed by atoms with van der Waals surface area (Å²) < 4.78 is 1.95. The molecule has 2 aromatic heterocycles. The summed E-state index contributed by atoms with van der Waals surface area (Å²) in [5, 5.41) is 10.4. The van der Waals surface area contributed by atoms with Crippen LogP contribution in [0.2, 0.25) is 0 Å². The summed E-state index contributed by atoms with van der Waals surface area (Å²) >= 11 is 0. The molecule has 0 bridgehead atoms. The van der Waals surface area contributed by atoms with E-state index >= 15 is 0 Å². The maximum absolute atomic E-state index is 12.5. The molecule has 148 valence electrons. The molecule has 2 aliphatic rings. The molecule has 0 saturated heterocycles. The van der Waals surface area contributed by atoms with E-state index in [-0.39, 0.29) is 18.4 Å². The summed E-state index contributed by atoms with van der Waals surface area (Å²) in [5.41, 5.74) is 3.30. The summed E-state index contributed by atoms with van der Waals surface area (Å²) in [6.07, 6.45) is 4.68. The highest BCUT2D eigenvalue weighted by molar-refractivity contribution is 6.04. The SMILES string of the molecule is Cc1cc(C)n(CCCNC(=O)c2cnc3c(c2)N(CC2CC2)C(=O)CN3)n1. The smallest absolute Gasteiger partial charge is 0.252 e. The zero-order valence-electron chi connectivity index (χ0n) is 16.4. The zero-order valence-corrected chi connectivity index (χ0v) is 16.4. The highest BCUT2D eigenvalue weighted by Gasteiger charge is 2.32. The van der Waals surface area contributed by atoms with E-state index < -0.39 is 0 Å². The average Bonchev–Trinajstić information content (AvgIpc) is 3.44. The number of hydrogen-bond acceptors (Lipinski definition) is 5. The van der Waals surface area contributed by atoms with Crippen molar-refractivity contribution in [1.82, 2.24) is 20.1 Å². The maximum Gasteiger partial charge on any atom is 0.252 e. The lowest BCUT2D eigenvalue weighted by atomic mass is 10.1. The average molecular weight is 382 g/mol. The predicted molar refractivity (Wildman–Crippen MR) is 106 cm³/mol. The first kappa shape index (κ1) is 18.5. The molecule has 0 atom stereocenters. The highest BCUT2D eigenvalue weighted by atomic mass is 16.2. The lowest BCUT2D eigenvalue weighted by Gasteiger charge is -2.29. The van der Waals surface area contributed by atoms with Crippen LogP contribution < -0.4 is 15.5 Å². The molecule has 0 aromatic carbocycles. The van der Waals surface area contributed by atoms with Gasteiger partial charge < -0.3 is 15.5 Å². The van der Waals surface area contributed by atoms with Crippen LogP contribution in [0.15, 0.2) is 18.3 Å². The Morgan fingerprint density at radius 3 is 2.86 bits per heavy atom. The van der Waals surface area contributed by atoms with Crippen LogP contribution in [0.3, 0.4) is 0 Å². The number of nitrogens with zero attached hydrogens (tertiary/aromatic N) is 4. The second-order valence-corrected chi connectivity index (χ2v) is 7.65. The third-order valence-electron chi connectivity index (χ3n) is 5.20. The summed E-state index contributed by atoms with van der Waals surface area (Å²) in [6.45, 7) is 6.28. The van der Waals surface area contributed by atoms with Crippen molar-refractivity contribution in [2.45, 2.75) is 39.7 Å². The van der Waals surface area contributed by atoms with Crippen molar-refractivity contribution >= 4 is 23.3 Å². The fourth-order valence-corrected chi connectivity index (χ4v) is 3.50. The number of fused-ring (bicyclic) bond motifs is 1. The largest absolute Gasteiger partial charge is 0.359 e. The third kappa shape index (κ3) is 4.00. The number of carbonyl (C=O) groups excluding carboxylic acids is 2. The normalized spacial score (nSPS) is 15.9. The van der Waals surface area contributed by atoms with Crippen LogP contribution in [0.5, 0.6) is 0 Å². The van der Waals surface area contributed by atoms with Crippen LogP contribution in [0.4, 0.5) is 11.5 Å². The van der Waals surface area contributed by atoms with Gasteiger partial charge in [-0.3, -0.25) is 14.3 Å². The van der Waals surface area contributed by atoms with Crippen LogP contribution >= 0.6 is 0 Å². The fraction of sp³-hybridized carbons (Fsp3) is 0.500. The molecule has 28 heavy (non-hydrogen) atoms. The zero-order chi connectivity index (χ0) is 19.7. The lowest BCUT2D eigenvalue weighted by Crippen LogP contribution is -2.41. The predicted octanol–water partition coefficient (Wildman–Crippen LogP) is 1.88.